The lowest BCUT2D eigenvalue weighted by Crippen LogP contribution is -2.63. The van der Waals surface area contributed by atoms with E-state index >= 15 is 0 Å². The van der Waals surface area contributed by atoms with Crippen molar-refractivity contribution in [2.24, 2.45) is 18.2 Å². The third-order valence-electron chi connectivity index (χ3n) is 6.33. The minimum atomic E-state index is -0.355. The highest BCUT2D eigenvalue weighted by molar-refractivity contribution is 5.93. The van der Waals surface area contributed by atoms with Gasteiger partial charge in [0, 0.05) is 38.5 Å². The van der Waals surface area contributed by atoms with Gasteiger partial charge in [0.2, 0.25) is 0 Å². The van der Waals surface area contributed by atoms with Gasteiger partial charge in [0.15, 0.2) is 5.69 Å². The van der Waals surface area contributed by atoms with Gasteiger partial charge in [0.05, 0.1) is 24.5 Å². The predicted molar refractivity (Wildman–Crippen MR) is 106 cm³/mol. The molecule has 0 bridgehead atoms. The van der Waals surface area contributed by atoms with Gasteiger partial charge in [0.1, 0.15) is 0 Å². The fraction of sp³-hybridized carbons (Fsp3) is 0.524. The first-order valence-electron chi connectivity index (χ1n) is 9.93. The highest BCUT2D eigenvalue weighted by Gasteiger charge is 2.56. The molecule has 3 N–H and O–H groups in total. The number of carbonyl (C=O) groups is 1. The lowest BCUT2D eigenvalue weighted by Gasteiger charge is -2.56. The molecule has 150 valence electrons. The Morgan fingerprint density at radius 1 is 1.32 bits per heavy atom. The minimum Gasteiger partial charge on any atom is -0.392 e. The number of aromatic nitrogens is 2. The molecule has 2 heterocycles. The summed E-state index contributed by atoms with van der Waals surface area (Å²) in [5.41, 5.74) is 7.72. The average Bonchev–Trinajstić information content (AvgIpc) is 3.13. The van der Waals surface area contributed by atoms with E-state index in [0.29, 0.717) is 38.4 Å². The molecule has 2 aliphatic rings. The van der Waals surface area contributed by atoms with Crippen molar-refractivity contribution in [3.8, 4) is 11.3 Å². The van der Waals surface area contributed by atoms with Crippen LogP contribution in [-0.2, 0) is 11.8 Å². The number of benzene rings is 1. The number of carbonyl (C=O) groups excluding carboxylic acids is 1. The van der Waals surface area contributed by atoms with Crippen molar-refractivity contribution in [1.82, 2.24) is 14.7 Å². The predicted octanol–water partition coefficient (Wildman–Crippen LogP) is 1.42. The summed E-state index contributed by atoms with van der Waals surface area (Å²) in [7, 11) is 1.86. The summed E-state index contributed by atoms with van der Waals surface area (Å²) in [6.07, 6.45) is 1.84. The van der Waals surface area contributed by atoms with Crippen LogP contribution in [0.2, 0.25) is 0 Å². The summed E-state index contributed by atoms with van der Waals surface area (Å²) in [5.74, 6) is -0.0547. The van der Waals surface area contributed by atoms with Crippen LogP contribution in [0.1, 0.15) is 29.8 Å². The van der Waals surface area contributed by atoms with Gasteiger partial charge in [-0.05, 0) is 24.5 Å². The van der Waals surface area contributed by atoms with Crippen molar-refractivity contribution in [1.29, 1.82) is 0 Å². The van der Waals surface area contributed by atoms with Gasteiger partial charge in [-0.1, -0.05) is 30.3 Å². The molecule has 4 rings (SSSR count). The summed E-state index contributed by atoms with van der Waals surface area (Å²) in [6, 6.07) is 11.8. The molecule has 28 heavy (non-hydrogen) atoms. The van der Waals surface area contributed by atoms with Gasteiger partial charge < -0.3 is 20.5 Å². The molecule has 1 saturated carbocycles. The second-order valence-electron chi connectivity index (χ2n) is 7.83. The highest BCUT2D eigenvalue weighted by atomic mass is 16.5. The van der Waals surface area contributed by atoms with Crippen LogP contribution < -0.4 is 5.73 Å². The largest absolute Gasteiger partial charge is 0.392 e. The van der Waals surface area contributed by atoms with E-state index in [4.69, 9.17) is 10.5 Å². The van der Waals surface area contributed by atoms with Crippen LogP contribution in [0.3, 0.4) is 0 Å². The van der Waals surface area contributed by atoms with E-state index in [0.717, 1.165) is 24.1 Å². The number of amides is 1. The molecule has 1 spiro atoms. The molecule has 2 fully saturated rings. The van der Waals surface area contributed by atoms with E-state index in [1.807, 2.05) is 48.3 Å². The Morgan fingerprint density at radius 3 is 2.68 bits per heavy atom. The van der Waals surface area contributed by atoms with Crippen molar-refractivity contribution < 1.29 is 14.6 Å². The van der Waals surface area contributed by atoms with Gasteiger partial charge in [-0.3, -0.25) is 9.48 Å². The molecular weight excluding hydrogens is 356 g/mol. The first-order chi connectivity index (χ1) is 13.5. The van der Waals surface area contributed by atoms with Crippen LogP contribution in [0, 0.1) is 5.41 Å². The van der Waals surface area contributed by atoms with Crippen LogP contribution in [0.4, 0.5) is 0 Å². The third-order valence-corrected chi connectivity index (χ3v) is 6.33. The number of aliphatic hydroxyl groups is 1. The Hall–Kier alpha value is -2.22. The van der Waals surface area contributed by atoms with E-state index in [9.17, 15) is 9.90 Å². The number of likely N-dealkylation sites (tertiary alicyclic amines) is 1. The molecule has 0 radical (unpaired) electrons. The molecule has 1 aromatic carbocycles. The molecule has 1 aromatic heterocycles. The Morgan fingerprint density at radius 2 is 2.04 bits per heavy atom. The van der Waals surface area contributed by atoms with E-state index < -0.39 is 0 Å². The summed E-state index contributed by atoms with van der Waals surface area (Å²) in [4.78, 5) is 14.8. The smallest absolute Gasteiger partial charge is 0.274 e. The molecule has 1 aliphatic carbocycles. The summed E-state index contributed by atoms with van der Waals surface area (Å²) in [5, 5.41) is 14.8. The first-order valence-corrected chi connectivity index (χ1v) is 9.93. The number of hydrogen-bond donors (Lipinski definition) is 2. The van der Waals surface area contributed by atoms with Gasteiger partial charge >= 0.3 is 0 Å². The maximum atomic E-state index is 13.0. The molecule has 7 nitrogen and oxygen atoms in total. The standard InChI is InChI=1S/C21H28N4O3/c1-24-17(15-5-3-2-4-6-15)13-16(23-24)20(27)25-10-7-21(8-11-25)18(26)14-19(21)28-12-9-22/h2-6,13,18-19,26H,7-12,14,22H2,1H3/t18-,19+/m0/s1. The fourth-order valence-electron chi connectivity index (χ4n) is 4.56. The van der Waals surface area contributed by atoms with Crippen molar-refractivity contribution in [3.05, 3.63) is 42.1 Å². The molecule has 1 aliphatic heterocycles. The summed E-state index contributed by atoms with van der Waals surface area (Å²) >= 11 is 0. The SMILES string of the molecule is Cn1nc(C(=O)N2CCC3(CC2)[C@@H](O)C[C@H]3OCCN)cc1-c1ccccc1. The maximum absolute atomic E-state index is 13.0. The van der Waals surface area contributed by atoms with Crippen molar-refractivity contribution in [2.75, 3.05) is 26.2 Å². The topological polar surface area (TPSA) is 93.6 Å². The zero-order valence-electron chi connectivity index (χ0n) is 16.3. The zero-order chi connectivity index (χ0) is 19.7. The lowest BCUT2D eigenvalue weighted by atomic mass is 9.58. The number of aliphatic hydroxyl groups excluding tert-OH is 1. The third kappa shape index (κ3) is 3.23. The lowest BCUT2D eigenvalue weighted by molar-refractivity contribution is -0.208. The molecule has 7 heteroatoms. The summed E-state index contributed by atoms with van der Waals surface area (Å²) in [6.45, 7) is 2.21. The van der Waals surface area contributed by atoms with Crippen LogP contribution in [0.5, 0.6) is 0 Å². The fourth-order valence-corrected chi connectivity index (χ4v) is 4.56. The molecule has 2 atom stereocenters. The average molecular weight is 384 g/mol. The summed E-state index contributed by atoms with van der Waals surface area (Å²) < 4.78 is 7.59. The number of piperidine rings is 1. The second kappa shape index (κ2) is 7.66. The number of nitrogens with zero attached hydrogens (tertiary/aromatic N) is 3. The number of nitrogens with two attached hydrogens (primary N) is 1. The van der Waals surface area contributed by atoms with Gasteiger partial charge in [-0.15, -0.1) is 0 Å². The first kappa shape index (κ1) is 19.1. The molecule has 1 amide bonds. The minimum absolute atomic E-state index is 0.0443. The van der Waals surface area contributed by atoms with Crippen molar-refractivity contribution in [2.45, 2.75) is 31.5 Å². The van der Waals surface area contributed by atoms with Crippen molar-refractivity contribution >= 4 is 5.91 Å². The van der Waals surface area contributed by atoms with Crippen LogP contribution in [0.15, 0.2) is 36.4 Å². The monoisotopic (exact) mass is 384 g/mol. The van der Waals surface area contributed by atoms with Crippen LogP contribution in [-0.4, -0.2) is 64.1 Å². The van der Waals surface area contributed by atoms with Crippen LogP contribution in [0.25, 0.3) is 11.3 Å². The highest BCUT2D eigenvalue weighted by Crippen LogP contribution is 2.51. The Kier molecular flexibility index (Phi) is 5.23. The van der Waals surface area contributed by atoms with Gasteiger partial charge in [-0.2, -0.15) is 5.10 Å². The number of hydrogen-bond acceptors (Lipinski definition) is 5. The van der Waals surface area contributed by atoms with Gasteiger partial charge in [0.25, 0.3) is 5.91 Å². The van der Waals surface area contributed by atoms with E-state index in [-0.39, 0.29) is 23.5 Å². The number of ether oxygens (including phenoxy) is 1. The maximum Gasteiger partial charge on any atom is 0.274 e. The zero-order valence-corrected chi connectivity index (χ0v) is 16.3. The molecule has 1 saturated heterocycles. The number of rotatable bonds is 5. The van der Waals surface area contributed by atoms with E-state index in [1.54, 1.807) is 4.68 Å². The van der Waals surface area contributed by atoms with Crippen LogP contribution >= 0.6 is 0 Å². The van der Waals surface area contributed by atoms with Crippen molar-refractivity contribution in [3.63, 3.8) is 0 Å². The normalized spacial score (nSPS) is 23.6. The Bertz CT molecular complexity index is 827. The number of aryl methyl sites for hydroxylation is 1. The molecule has 2 aromatic rings. The molecular formula is C21H28N4O3. The molecule has 0 unspecified atom stereocenters. The van der Waals surface area contributed by atoms with E-state index in [1.165, 1.54) is 0 Å². The Balaban J connectivity index is 1.44. The second-order valence-corrected chi connectivity index (χ2v) is 7.83. The Labute approximate surface area is 165 Å². The van der Waals surface area contributed by atoms with E-state index in [2.05, 4.69) is 5.10 Å². The quantitative estimate of drug-likeness (QED) is 0.813. The van der Waals surface area contributed by atoms with Gasteiger partial charge in [-0.25, -0.2) is 0 Å².